The van der Waals surface area contributed by atoms with Crippen molar-refractivity contribution < 1.29 is 19.2 Å². The van der Waals surface area contributed by atoms with Gasteiger partial charge >= 0.3 is 5.63 Å². The molecule has 1 N–H and O–H groups in total. The van der Waals surface area contributed by atoms with Crippen LogP contribution in [0.25, 0.3) is 22.1 Å². The number of rotatable bonds is 6. The zero-order valence-corrected chi connectivity index (χ0v) is 17.0. The van der Waals surface area contributed by atoms with Crippen molar-refractivity contribution in [2.45, 2.75) is 6.92 Å². The Hall–Kier alpha value is -4.46. The molecule has 0 spiro atoms. The van der Waals surface area contributed by atoms with E-state index in [1.165, 1.54) is 12.3 Å². The van der Waals surface area contributed by atoms with Crippen molar-refractivity contribution in [1.82, 2.24) is 0 Å². The monoisotopic (exact) mass is 430 g/mol. The standard InChI is InChI=1S/C24H18N2O6/c1-2-31-22-13-19(26(29)30)11-17(23(22)27)14-25-18-8-5-7-15(10-18)20-12-16-6-3-4-9-21(16)32-24(20)28/h3-14,27H,2H2,1H3. The first kappa shape index (κ1) is 20.8. The number of phenols is 1. The molecule has 0 bridgehead atoms. The van der Waals surface area contributed by atoms with Crippen LogP contribution in [0.4, 0.5) is 11.4 Å². The van der Waals surface area contributed by atoms with E-state index in [0.717, 1.165) is 11.5 Å². The Morgan fingerprint density at radius 1 is 1.12 bits per heavy atom. The van der Waals surface area contributed by atoms with Crippen LogP contribution in [0.5, 0.6) is 11.5 Å². The topological polar surface area (TPSA) is 115 Å². The predicted molar refractivity (Wildman–Crippen MR) is 121 cm³/mol. The second-order valence-corrected chi connectivity index (χ2v) is 6.87. The van der Waals surface area contributed by atoms with Gasteiger partial charge in [-0.15, -0.1) is 0 Å². The van der Waals surface area contributed by atoms with E-state index in [1.807, 2.05) is 12.1 Å². The number of nitrogens with zero attached hydrogens (tertiary/aromatic N) is 2. The highest BCUT2D eigenvalue weighted by Crippen LogP contribution is 2.34. The summed E-state index contributed by atoms with van der Waals surface area (Å²) in [6.45, 7) is 1.95. The van der Waals surface area contributed by atoms with Gasteiger partial charge in [-0.3, -0.25) is 15.1 Å². The Labute approximate surface area is 182 Å². The van der Waals surface area contributed by atoms with Crippen LogP contribution in [0.15, 0.2) is 80.9 Å². The first-order valence-corrected chi connectivity index (χ1v) is 9.78. The summed E-state index contributed by atoms with van der Waals surface area (Å²) in [4.78, 5) is 27.4. The number of benzene rings is 3. The van der Waals surface area contributed by atoms with Crippen molar-refractivity contribution in [1.29, 1.82) is 0 Å². The third kappa shape index (κ3) is 4.20. The third-order valence-corrected chi connectivity index (χ3v) is 4.75. The normalized spacial score (nSPS) is 11.2. The van der Waals surface area contributed by atoms with Crippen molar-refractivity contribution in [2.24, 2.45) is 4.99 Å². The maximum atomic E-state index is 12.5. The number of aromatic hydroxyl groups is 1. The number of phenolic OH excluding ortho intramolecular Hbond substituents is 1. The number of non-ortho nitro benzene ring substituents is 1. The highest BCUT2D eigenvalue weighted by Gasteiger charge is 2.16. The number of fused-ring (bicyclic) bond motifs is 1. The summed E-state index contributed by atoms with van der Waals surface area (Å²) < 4.78 is 10.7. The molecular weight excluding hydrogens is 412 g/mol. The van der Waals surface area contributed by atoms with Gasteiger partial charge in [0.1, 0.15) is 5.58 Å². The van der Waals surface area contributed by atoms with Crippen molar-refractivity contribution >= 4 is 28.6 Å². The molecule has 4 aromatic rings. The number of hydrogen-bond acceptors (Lipinski definition) is 7. The van der Waals surface area contributed by atoms with E-state index in [1.54, 1.807) is 49.4 Å². The molecule has 160 valence electrons. The molecule has 0 fully saturated rings. The number of aliphatic imine (C=N–C) groups is 1. The summed E-state index contributed by atoms with van der Waals surface area (Å²) in [6, 6.07) is 18.2. The molecule has 0 aliphatic heterocycles. The van der Waals surface area contributed by atoms with E-state index in [-0.39, 0.29) is 29.4 Å². The van der Waals surface area contributed by atoms with Crippen LogP contribution in [0.3, 0.4) is 0 Å². The van der Waals surface area contributed by atoms with Gasteiger partial charge in [0.25, 0.3) is 5.69 Å². The van der Waals surface area contributed by atoms with Crippen molar-refractivity contribution in [2.75, 3.05) is 6.61 Å². The van der Waals surface area contributed by atoms with Crippen LogP contribution >= 0.6 is 0 Å². The van der Waals surface area contributed by atoms with Crippen LogP contribution < -0.4 is 10.4 Å². The summed E-state index contributed by atoms with van der Waals surface area (Å²) in [7, 11) is 0. The van der Waals surface area contributed by atoms with Gasteiger partial charge in [0.15, 0.2) is 11.5 Å². The van der Waals surface area contributed by atoms with Crippen molar-refractivity contribution in [3.05, 3.63) is 92.8 Å². The van der Waals surface area contributed by atoms with E-state index >= 15 is 0 Å². The largest absolute Gasteiger partial charge is 0.504 e. The second-order valence-electron chi connectivity index (χ2n) is 6.87. The zero-order chi connectivity index (χ0) is 22.7. The fourth-order valence-corrected chi connectivity index (χ4v) is 3.24. The molecule has 1 aromatic heterocycles. The van der Waals surface area contributed by atoms with Gasteiger partial charge in [-0.05, 0) is 36.8 Å². The van der Waals surface area contributed by atoms with Crippen LogP contribution in [0, 0.1) is 10.1 Å². The Kier molecular flexibility index (Phi) is 5.67. The Morgan fingerprint density at radius 3 is 2.72 bits per heavy atom. The summed E-state index contributed by atoms with van der Waals surface area (Å²) in [5.74, 6) is -0.238. The number of nitro groups is 1. The van der Waals surface area contributed by atoms with E-state index in [2.05, 4.69) is 4.99 Å². The lowest BCUT2D eigenvalue weighted by Gasteiger charge is -2.08. The zero-order valence-electron chi connectivity index (χ0n) is 17.0. The van der Waals surface area contributed by atoms with E-state index in [0.29, 0.717) is 22.4 Å². The average molecular weight is 430 g/mol. The van der Waals surface area contributed by atoms with Crippen molar-refractivity contribution in [3.8, 4) is 22.6 Å². The molecule has 32 heavy (non-hydrogen) atoms. The molecule has 0 amide bonds. The average Bonchev–Trinajstić information content (AvgIpc) is 2.79. The molecule has 0 saturated carbocycles. The SMILES string of the molecule is CCOc1cc([N+](=O)[O-])cc(C=Nc2cccc(-c3cc4ccccc4oc3=O)c2)c1O. The Morgan fingerprint density at radius 2 is 1.94 bits per heavy atom. The van der Waals surface area contributed by atoms with Crippen molar-refractivity contribution in [3.63, 3.8) is 0 Å². The van der Waals surface area contributed by atoms with Crippen LogP contribution in [-0.4, -0.2) is 22.9 Å². The predicted octanol–water partition coefficient (Wildman–Crippen LogP) is 5.22. The number of ether oxygens (including phenoxy) is 1. The molecule has 0 aliphatic carbocycles. The first-order chi connectivity index (χ1) is 15.5. The van der Waals surface area contributed by atoms with E-state index in [4.69, 9.17) is 9.15 Å². The molecule has 0 saturated heterocycles. The van der Waals surface area contributed by atoms with Crippen LogP contribution in [0.2, 0.25) is 0 Å². The minimum Gasteiger partial charge on any atom is -0.504 e. The number of para-hydroxylation sites is 1. The van der Waals surface area contributed by atoms with Crippen LogP contribution in [0.1, 0.15) is 12.5 Å². The van der Waals surface area contributed by atoms with E-state index < -0.39 is 10.5 Å². The molecule has 0 radical (unpaired) electrons. The first-order valence-electron chi connectivity index (χ1n) is 9.78. The summed E-state index contributed by atoms with van der Waals surface area (Å²) >= 11 is 0. The highest BCUT2D eigenvalue weighted by molar-refractivity contribution is 5.88. The lowest BCUT2D eigenvalue weighted by atomic mass is 10.1. The summed E-state index contributed by atoms with van der Waals surface area (Å²) in [6.07, 6.45) is 1.31. The van der Waals surface area contributed by atoms with E-state index in [9.17, 15) is 20.0 Å². The van der Waals surface area contributed by atoms with Gasteiger partial charge in [-0.25, -0.2) is 4.79 Å². The van der Waals surface area contributed by atoms with Gasteiger partial charge in [-0.2, -0.15) is 0 Å². The third-order valence-electron chi connectivity index (χ3n) is 4.75. The smallest absolute Gasteiger partial charge is 0.344 e. The molecule has 0 aliphatic rings. The lowest BCUT2D eigenvalue weighted by Crippen LogP contribution is -2.02. The fourth-order valence-electron chi connectivity index (χ4n) is 3.24. The second kappa shape index (κ2) is 8.73. The Balaban J connectivity index is 1.72. The van der Waals surface area contributed by atoms with Gasteiger partial charge < -0.3 is 14.3 Å². The molecular formula is C24H18N2O6. The maximum Gasteiger partial charge on any atom is 0.344 e. The molecule has 4 rings (SSSR count). The molecule has 0 atom stereocenters. The number of hydrogen-bond donors (Lipinski definition) is 1. The lowest BCUT2D eigenvalue weighted by molar-refractivity contribution is -0.385. The van der Waals surface area contributed by atoms with Crippen LogP contribution in [-0.2, 0) is 0 Å². The van der Waals surface area contributed by atoms with Gasteiger partial charge in [0.2, 0.25) is 0 Å². The summed E-state index contributed by atoms with van der Waals surface area (Å²) in [5, 5.41) is 22.4. The minimum atomic E-state index is -0.571. The Bertz CT molecular complexity index is 1410. The minimum absolute atomic E-state index is 0.00525. The highest BCUT2D eigenvalue weighted by atomic mass is 16.6. The summed E-state index contributed by atoms with van der Waals surface area (Å²) in [5.41, 5.74) is 1.42. The van der Waals surface area contributed by atoms with Gasteiger partial charge in [0.05, 0.1) is 28.8 Å². The molecule has 3 aromatic carbocycles. The van der Waals surface area contributed by atoms with Gasteiger partial charge in [-0.1, -0.05) is 30.3 Å². The molecule has 8 heteroatoms. The van der Waals surface area contributed by atoms with Gasteiger partial charge in [0, 0.05) is 23.2 Å². The number of nitro benzene ring substituents is 1. The molecule has 1 heterocycles. The maximum absolute atomic E-state index is 12.5. The quantitative estimate of drug-likeness (QED) is 0.194. The fraction of sp³-hybridized carbons (Fsp3) is 0.0833. The molecule has 0 unspecified atom stereocenters. The molecule has 8 nitrogen and oxygen atoms in total.